The molecule has 0 aromatic heterocycles. The van der Waals surface area contributed by atoms with Crippen LogP contribution in [0.25, 0.3) is 0 Å². The van der Waals surface area contributed by atoms with E-state index in [1.54, 1.807) is 0 Å². The summed E-state index contributed by atoms with van der Waals surface area (Å²) in [4.78, 5) is 34.7. The first-order valence-corrected chi connectivity index (χ1v) is 5.78. The van der Waals surface area contributed by atoms with Crippen LogP contribution in [0.15, 0.2) is 0 Å². The summed E-state index contributed by atoms with van der Waals surface area (Å²) in [5.74, 6) is -7.60. The first kappa shape index (κ1) is 14.5. The fourth-order valence-corrected chi connectivity index (χ4v) is 2.35. The molecule has 6 nitrogen and oxygen atoms in total. The first-order valence-electron chi connectivity index (χ1n) is 5.78. The van der Waals surface area contributed by atoms with Gasteiger partial charge in [-0.2, -0.15) is 8.78 Å². The summed E-state index contributed by atoms with van der Waals surface area (Å²) in [5, 5.41) is 4.19. The quantitative estimate of drug-likeness (QED) is 0.560. The van der Waals surface area contributed by atoms with E-state index in [2.05, 4.69) is 5.32 Å². The highest BCUT2D eigenvalue weighted by Crippen LogP contribution is 2.30. The van der Waals surface area contributed by atoms with Gasteiger partial charge in [0, 0.05) is 6.54 Å². The van der Waals surface area contributed by atoms with E-state index >= 15 is 0 Å². The summed E-state index contributed by atoms with van der Waals surface area (Å²) in [7, 11) is 0. The van der Waals surface area contributed by atoms with E-state index < -0.39 is 42.3 Å². The third-order valence-corrected chi connectivity index (χ3v) is 3.35. The van der Waals surface area contributed by atoms with Crippen molar-refractivity contribution < 1.29 is 31.9 Å². The van der Waals surface area contributed by atoms with Crippen molar-refractivity contribution in [1.29, 1.82) is 0 Å². The molecule has 10 heteroatoms. The van der Waals surface area contributed by atoms with E-state index in [1.807, 2.05) is 5.32 Å². The maximum atomic E-state index is 13.0. The lowest BCUT2D eigenvalue weighted by Crippen LogP contribution is -2.62. The molecule has 2 fully saturated rings. The number of carbonyl (C=O) groups excluding carboxylic acids is 3. The van der Waals surface area contributed by atoms with E-state index in [0.717, 1.165) is 0 Å². The SMILES string of the molecule is O=C1NC(=O)C2(CCCN(C(=O)C(F)(F)C(F)F)C2)N1. The number of likely N-dealkylation sites (tertiary alicyclic amines) is 1. The van der Waals surface area contributed by atoms with Crippen LogP contribution in [0.1, 0.15) is 12.8 Å². The molecule has 2 aliphatic heterocycles. The molecule has 0 bridgehead atoms. The van der Waals surface area contributed by atoms with E-state index in [0.29, 0.717) is 4.90 Å². The number of urea groups is 1. The van der Waals surface area contributed by atoms with Crippen LogP contribution in [-0.2, 0) is 9.59 Å². The second-order valence-corrected chi connectivity index (χ2v) is 4.74. The Balaban J connectivity index is 2.18. The number of amides is 4. The van der Waals surface area contributed by atoms with E-state index in [1.165, 1.54) is 0 Å². The Hall–Kier alpha value is -1.87. The van der Waals surface area contributed by atoms with Gasteiger partial charge in [-0.1, -0.05) is 0 Å². The van der Waals surface area contributed by atoms with Crippen molar-refractivity contribution >= 4 is 17.8 Å². The number of rotatable bonds is 2. The molecule has 0 aromatic rings. The number of halogens is 4. The number of hydrogen-bond acceptors (Lipinski definition) is 3. The van der Waals surface area contributed by atoms with Gasteiger partial charge < -0.3 is 10.2 Å². The van der Waals surface area contributed by atoms with E-state index in [-0.39, 0.29) is 19.4 Å². The third kappa shape index (κ3) is 2.18. The van der Waals surface area contributed by atoms with Gasteiger partial charge in [-0.25, -0.2) is 13.6 Å². The van der Waals surface area contributed by atoms with Crippen molar-refractivity contribution in [2.24, 2.45) is 0 Å². The van der Waals surface area contributed by atoms with Crippen LogP contribution in [0.2, 0.25) is 0 Å². The molecular formula is C10H11F4N3O3. The summed E-state index contributed by atoms with van der Waals surface area (Å²) in [6.07, 6.45) is -3.84. The molecule has 112 valence electrons. The van der Waals surface area contributed by atoms with Crippen LogP contribution in [-0.4, -0.2) is 53.7 Å². The average Bonchev–Trinajstić information content (AvgIpc) is 2.62. The number of piperidine rings is 1. The highest BCUT2D eigenvalue weighted by molar-refractivity contribution is 6.07. The van der Waals surface area contributed by atoms with Crippen LogP contribution in [0.5, 0.6) is 0 Å². The molecule has 2 aliphatic rings. The summed E-state index contributed by atoms with van der Waals surface area (Å²) >= 11 is 0. The zero-order valence-electron chi connectivity index (χ0n) is 10.1. The van der Waals surface area contributed by atoms with Gasteiger partial charge in [0.25, 0.3) is 11.8 Å². The van der Waals surface area contributed by atoms with Crippen molar-refractivity contribution in [2.45, 2.75) is 30.7 Å². The Morgan fingerprint density at radius 2 is 2.00 bits per heavy atom. The van der Waals surface area contributed by atoms with Gasteiger partial charge >= 0.3 is 18.4 Å². The molecule has 0 aliphatic carbocycles. The maximum absolute atomic E-state index is 13.0. The topological polar surface area (TPSA) is 78.5 Å². The van der Waals surface area contributed by atoms with Gasteiger partial charge in [0.05, 0.1) is 6.54 Å². The summed E-state index contributed by atoms with van der Waals surface area (Å²) in [5.41, 5.74) is -1.51. The molecule has 4 amide bonds. The second kappa shape index (κ2) is 4.60. The van der Waals surface area contributed by atoms with Gasteiger partial charge in [-0.15, -0.1) is 0 Å². The molecule has 0 saturated carbocycles. The number of carbonyl (C=O) groups is 3. The molecule has 20 heavy (non-hydrogen) atoms. The monoisotopic (exact) mass is 297 g/mol. The molecule has 0 radical (unpaired) electrons. The van der Waals surface area contributed by atoms with Crippen molar-refractivity contribution in [2.75, 3.05) is 13.1 Å². The molecule has 2 N–H and O–H groups in total. The van der Waals surface area contributed by atoms with Crippen molar-refractivity contribution in [3.8, 4) is 0 Å². The number of nitrogens with one attached hydrogen (secondary N) is 2. The molecule has 2 rings (SSSR count). The standard InChI is InChI=1S/C10H11F4N3O3/c11-5(12)10(13,14)7(19)17-3-1-2-9(4-17)6(18)15-8(20)16-9/h5H,1-4H2,(H2,15,16,18,20). The van der Waals surface area contributed by atoms with Gasteiger partial charge in [-0.05, 0) is 12.8 Å². The lowest BCUT2D eigenvalue weighted by molar-refractivity contribution is -0.182. The second-order valence-electron chi connectivity index (χ2n) is 4.74. The number of imide groups is 1. The number of hydrogen-bond donors (Lipinski definition) is 2. The zero-order valence-corrected chi connectivity index (χ0v) is 10.1. The van der Waals surface area contributed by atoms with Crippen molar-refractivity contribution in [3.05, 3.63) is 0 Å². The highest BCUT2D eigenvalue weighted by atomic mass is 19.3. The van der Waals surface area contributed by atoms with Crippen molar-refractivity contribution in [3.63, 3.8) is 0 Å². The Bertz CT molecular complexity index is 471. The summed E-state index contributed by atoms with van der Waals surface area (Å²) in [6.45, 7) is -0.724. The van der Waals surface area contributed by atoms with Crippen LogP contribution in [0.4, 0.5) is 22.4 Å². The fourth-order valence-electron chi connectivity index (χ4n) is 2.35. The molecule has 1 unspecified atom stereocenters. The predicted molar refractivity (Wildman–Crippen MR) is 56.2 cm³/mol. The van der Waals surface area contributed by atoms with Crippen LogP contribution < -0.4 is 10.6 Å². The minimum absolute atomic E-state index is 0.138. The highest BCUT2D eigenvalue weighted by Gasteiger charge is 2.55. The van der Waals surface area contributed by atoms with E-state index in [9.17, 15) is 31.9 Å². The lowest BCUT2D eigenvalue weighted by Gasteiger charge is -2.39. The lowest BCUT2D eigenvalue weighted by atomic mass is 9.89. The summed E-state index contributed by atoms with van der Waals surface area (Å²) < 4.78 is 50.4. The van der Waals surface area contributed by atoms with Gasteiger partial charge in [0.1, 0.15) is 5.54 Å². The predicted octanol–water partition coefficient (Wildman–Crippen LogP) is 0.0874. The summed E-state index contributed by atoms with van der Waals surface area (Å²) in [6, 6.07) is -0.801. The van der Waals surface area contributed by atoms with Crippen LogP contribution in [0, 0.1) is 0 Å². The maximum Gasteiger partial charge on any atom is 0.383 e. The largest absolute Gasteiger partial charge is 0.383 e. The van der Waals surface area contributed by atoms with Gasteiger partial charge in [-0.3, -0.25) is 14.9 Å². The average molecular weight is 297 g/mol. The first-order chi connectivity index (χ1) is 9.19. The third-order valence-electron chi connectivity index (χ3n) is 3.35. The number of alkyl halides is 4. The van der Waals surface area contributed by atoms with E-state index in [4.69, 9.17) is 0 Å². The Morgan fingerprint density at radius 3 is 2.50 bits per heavy atom. The zero-order chi connectivity index (χ0) is 15.1. The number of nitrogens with zero attached hydrogens (tertiary/aromatic N) is 1. The minimum Gasteiger partial charge on any atom is -0.334 e. The fraction of sp³-hybridized carbons (Fsp3) is 0.700. The minimum atomic E-state index is -4.81. The molecule has 0 aromatic carbocycles. The smallest absolute Gasteiger partial charge is 0.334 e. The van der Waals surface area contributed by atoms with Crippen LogP contribution in [0.3, 0.4) is 0 Å². The van der Waals surface area contributed by atoms with Crippen molar-refractivity contribution in [1.82, 2.24) is 15.5 Å². The van der Waals surface area contributed by atoms with Gasteiger partial charge in [0.2, 0.25) is 0 Å². The van der Waals surface area contributed by atoms with Gasteiger partial charge in [0.15, 0.2) is 0 Å². The Labute approximate surface area is 110 Å². The molecule has 2 heterocycles. The Morgan fingerprint density at radius 1 is 1.35 bits per heavy atom. The molecular weight excluding hydrogens is 286 g/mol. The molecule has 1 spiro atoms. The molecule has 2 saturated heterocycles. The normalized spacial score (nSPS) is 26.9. The molecule has 1 atom stereocenters. The van der Waals surface area contributed by atoms with Crippen LogP contribution >= 0.6 is 0 Å². The Kier molecular flexibility index (Phi) is 3.34.